The van der Waals surface area contributed by atoms with E-state index in [1.165, 1.54) is 22.2 Å². The molecule has 3 heterocycles. The molecule has 0 fully saturated rings. The lowest BCUT2D eigenvalue weighted by Crippen LogP contribution is -2.25. The minimum absolute atomic E-state index is 0.429. The molecule has 0 spiro atoms. The summed E-state index contributed by atoms with van der Waals surface area (Å²) < 4.78 is 5.25. The van der Waals surface area contributed by atoms with Crippen molar-refractivity contribution in [2.45, 2.75) is 39.3 Å². The van der Waals surface area contributed by atoms with Crippen LogP contribution in [0, 0.1) is 0 Å². The van der Waals surface area contributed by atoms with Crippen molar-refractivity contribution in [1.29, 1.82) is 0 Å². The van der Waals surface area contributed by atoms with Crippen molar-refractivity contribution in [3.05, 3.63) is 59.7 Å². The largest absolute Gasteiger partial charge is 0.385 e. The van der Waals surface area contributed by atoms with E-state index in [-0.39, 0.29) is 0 Å². The van der Waals surface area contributed by atoms with Gasteiger partial charge in [0.15, 0.2) is 0 Å². The lowest BCUT2D eigenvalue weighted by molar-refractivity contribution is 0.166. The van der Waals surface area contributed by atoms with Gasteiger partial charge in [0, 0.05) is 63.0 Å². The van der Waals surface area contributed by atoms with E-state index in [1.807, 2.05) is 30.7 Å². The van der Waals surface area contributed by atoms with Crippen LogP contribution in [0.1, 0.15) is 43.0 Å². The van der Waals surface area contributed by atoms with Gasteiger partial charge in [-0.2, -0.15) is 0 Å². The number of H-pyrrole nitrogens is 1. The molecule has 138 valence electrons. The maximum absolute atomic E-state index is 5.25. The molecule has 0 amide bonds. The van der Waals surface area contributed by atoms with E-state index in [0.29, 0.717) is 5.92 Å². The third-order valence-electron chi connectivity index (χ3n) is 4.62. The highest BCUT2D eigenvalue weighted by Gasteiger charge is 2.18. The van der Waals surface area contributed by atoms with E-state index in [0.717, 1.165) is 38.3 Å². The summed E-state index contributed by atoms with van der Waals surface area (Å²) in [5.74, 6) is 0.429. The standard InChI is InChI=1S/C21H28N4O/c1-16(2)20-19(18-8-5-10-23-21(18)24-20)15-25(11-6-12-26-3)14-17-7-4-9-22-13-17/h4-5,7-10,13,16H,6,11-12,14-15H2,1-3H3,(H,23,24). The van der Waals surface area contributed by atoms with Gasteiger partial charge in [-0.05, 0) is 41.7 Å². The van der Waals surface area contributed by atoms with Crippen molar-refractivity contribution in [2.24, 2.45) is 0 Å². The van der Waals surface area contributed by atoms with Gasteiger partial charge in [0.2, 0.25) is 0 Å². The van der Waals surface area contributed by atoms with Crippen molar-refractivity contribution in [3.8, 4) is 0 Å². The van der Waals surface area contributed by atoms with Crippen molar-refractivity contribution in [2.75, 3.05) is 20.3 Å². The quantitative estimate of drug-likeness (QED) is 0.589. The predicted molar refractivity (Wildman–Crippen MR) is 105 cm³/mol. The van der Waals surface area contributed by atoms with Crippen LogP contribution in [0.5, 0.6) is 0 Å². The Hall–Kier alpha value is -2.24. The molecule has 0 radical (unpaired) electrons. The normalized spacial score (nSPS) is 11.7. The Kier molecular flexibility index (Phi) is 6.36. The molecule has 0 unspecified atom stereocenters. The van der Waals surface area contributed by atoms with Gasteiger partial charge in [-0.1, -0.05) is 19.9 Å². The fourth-order valence-corrected chi connectivity index (χ4v) is 3.38. The Morgan fingerprint density at radius 2 is 2.00 bits per heavy atom. The highest BCUT2D eigenvalue weighted by atomic mass is 16.5. The van der Waals surface area contributed by atoms with E-state index in [2.05, 4.69) is 45.8 Å². The van der Waals surface area contributed by atoms with Crippen LogP contribution >= 0.6 is 0 Å². The first-order valence-corrected chi connectivity index (χ1v) is 9.24. The number of rotatable bonds is 9. The van der Waals surface area contributed by atoms with Crippen molar-refractivity contribution >= 4 is 11.0 Å². The summed E-state index contributed by atoms with van der Waals surface area (Å²) in [4.78, 5) is 14.8. The van der Waals surface area contributed by atoms with Crippen LogP contribution in [0.15, 0.2) is 42.9 Å². The van der Waals surface area contributed by atoms with E-state index in [1.54, 1.807) is 7.11 Å². The molecule has 5 heteroatoms. The van der Waals surface area contributed by atoms with E-state index in [9.17, 15) is 0 Å². The first-order valence-electron chi connectivity index (χ1n) is 9.24. The highest BCUT2D eigenvalue weighted by molar-refractivity contribution is 5.81. The van der Waals surface area contributed by atoms with Crippen LogP contribution in [-0.4, -0.2) is 40.1 Å². The molecule has 0 aromatic carbocycles. The Morgan fingerprint density at radius 1 is 1.15 bits per heavy atom. The SMILES string of the molecule is COCCCN(Cc1cccnc1)Cc1c(C(C)C)[nH]c2ncccc12. The van der Waals surface area contributed by atoms with Crippen LogP contribution in [0.3, 0.4) is 0 Å². The zero-order chi connectivity index (χ0) is 18.4. The van der Waals surface area contributed by atoms with Gasteiger partial charge in [0.1, 0.15) is 5.65 Å². The number of pyridine rings is 2. The molecule has 5 nitrogen and oxygen atoms in total. The van der Waals surface area contributed by atoms with E-state index in [4.69, 9.17) is 4.74 Å². The van der Waals surface area contributed by atoms with Crippen LogP contribution in [0.4, 0.5) is 0 Å². The van der Waals surface area contributed by atoms with Crippen LogP contribution in [0.25, 0.3) is 11.0 Å². The molecule has 0 saturated heterocycles. The monoisotopic (exact) mass is 352 g/mol. The van der Waals surface area contributed by atoms with Gasteiger partial charge in [-0.25, -0.2) is 4.98 Å². The fraction of sp³-hybridized carbons (Fsp3) is 0.429. The first-order chi connectivity index (χ1) is 12.7. The summed E-state index contributed by atoms with van der Waals surface area (Å²) in [6.07, 6.45) is 6.62. The smallest absolute Gasteiger partial charge is 0.137 e. The van der Waals surface area contributed by atoms with Gasteiger partial charge in [-0.3, -0.25) is 9.88 Å². The van der Waals surface area contributed by atoms with Crippen LogP contribution in [-0.2, 0) is 17.8 Å². The summed E-state index contributed by atoms with van der Waals surface area (Å²) in [5.41, 5.74) is 4.84. The third-order valence-corrected chi connectivity index (χ3v) is 4.62. The summed E-state index contributed by atoms with van der Waals surface area (Å²) >= 11 is 0. The Balaban J connectivity index is 1.87. The lowest BCUT2D eigenvalue weighted by atomic mass is 10.0. The molecule has 0 saturated carbocycles. The van der Waals surface area contributed by atoms with Crippen molar-refractivity contribution < 1.29 is 4.74 Å². The molecule has 26 heavy (non-hydrogen) atoms. The number of aromatic amines is 1. The zero-order valence-corrected chi connectivity index (χ0v) is 15.9. The molecule has 0 atom stereocenters. The molecule has 0 aliphatic rings. The van der Waals surface area contributed by atoms with E-state index >= 15 is 0 Å². The number of fused-ring (bicyclic) bond motifs is 1. The number of hydrogen-bond acceptors (Lipinski definition) is 4. The summed E-state index contributed by atoms with van der Waals surface area (Å²) in [6.45, 7) is 7.97. The van der Waals surface area contributed by atoms with Crippen LogP contribution in [0.2, 0.25) is 0 Å². The van der Waals surface area contributed by atoms with Gasteiger partial charge in [-0.15, -0.1) is 0 Å². The second-order valence-corrected chi connectivity index (χ2v) is 6.99. The average molecular weight is 352 g/mol. The van der Waals surface area contributed by atoms with Gasteiger partial charge >= 0.3 is 0 Å². The molecule has 0 aliphatic heterocycles. The molecule has 3 aromatic rings. The Bertz CT molecular complexity index is 813. The fourth-order valence-electron chi connectivity index (χ4n) is 3.38. The minimum atomic E-state index is 0.429. The zero-order valence-electron chi connectivity index (χ0n) is 15.9. The number of nitrogens with zero attached hydrogens (tertiary/aromatic N) is 3. The van der Waals surface area contributed by atoms with Gasteiger partial charge < -0.3 is 9.72 Å². The second kappa shape index (κ2) is 8.92. The van der Waals surface area contributed by atoms with Gasteiger partial charge in [0.05, 0.1) is 0 Å². The van der Waals surface area contributed by atoms with Crippen LogP contribution < -0.4 is 0 Å². The Labute approximate surface area is 155 Å². The van der Waals surface area contributed by atoms with Crippen molar-refractivity contribution in [3.63, 3.8) is 0 Å². The lowest BCUT2D eigenvalue weighted by Gasteiger charge is -2.23. The number of nitrogens with one attached hydrogen (secondary N) is 1. The maximum Gasteiger partial charge on any atom is 0.137 e. The number of aromatic nitrogens is 3. The molecule has 3 aromatic heterocycles. The summed E-state index contributed by atoms with van der Waals surface area (Å²) in [5, 5.41) is 1.22. The summed E-state index contributed by atoms with van der Waals surface area (Å²) in [7, 11) is 1.76. The minimum Gasteiger partial charge on any atom is -0.385 e. The molecule has 3 rings (SSSR count). The number of ether oxygens (including phenoxy) is 1. The number of hydrogen-bond donors (Lipinski definition) is 1. The molecule has 0 bridgehead atoms. The highest BCUT2D eigenvalue weighted by Crippen LogP contribution is 2.28. The Morgan fingerprint density at radius 3 is 2.73 bits per heavy atom. The van der Waals surface area contributed by atoms with E-state index < -0.39 is 0 Å². The summed E-state index contributed by atoms with van der Waals surface area (Å²) in [6, 6.07) is 8.31. The predicted octanol–water partition coefficient (Wildman–Crippen LogP) is 4.12. The van der Waals surface area contributed by atoms with Crippen molar-refractivity contribution in [1.82, 2.24) is 19.9 Å². The molecular formula is C21H28N4O. The third kappa shape index (κ3) is 4.48. The molecular weight excluding hydrogens is 324 g/mol. The second-order valence-electron chi connectivity index (χ2n) is 6.99. The maximum atomic E-state index is 5.25. The average Bonchev–Trinajstić information content (AvgIpc) is 3.02. The molecule has 0 aliphatic carbocycles. The molecule has 1 N–H and O–H groups in total. The number of methoxy groups -OCH3 is 1. The first kappa shape index (κ1) is 18.5. The topological polar surface area (TPSA) is 54.0 Å². The van der Waals surface area contributed by atoms with Gasteiger partial charge in [0.25, 0.3) is 0 Å².